The molecule has 1 amide bonds. The molecule has 1 aromatic heterocycles. The molecule has 4 heteroatoms. The van der Waals surface area contributed by atoms with E-state index in [1.807, 2.05) is 11.3 Å². The van der Waals surface area contributed by atoms with Gasteiger partial charge in [-0.15, -0.1) is 11.3 Å². The molecule has 2 aliphatic heterocycles. The minimum absolute atomic E-state index is 0.263. The van der Waals surface area contributed by atoms with Crippen molar-refractivity contribution in [3.8, 4) is 0 Å². The second-order valence-corrected chi connectivity index (χ2v) is 6.64. The first-order valence-corrected chi connectivity index (χ1v) is 8.23. The summed E-state index contributed by atoms with van der Waals surface area (Å²) in [4.78, 5) is 15.9. The van der Waals surface area contributed by atoms with Gasteiger partial charge in [0.25, 0.3) is 0 Å². The van der Waals surface area contributed by atoms with Crippen molar-refractivity contribution < 1.29 is 4.79 Å². The third-order valence-corrected chi connectivity index (χ3v) is 5.46. The molecule has 2 aliphatic rings. The highest BCUT2D eigenvalue weighted by Crippen LogP contribution is 2.33. The number of nitrogens with zero attached hydrogens (tertiary/aromatic N) is 1. The first-order valence-electron chi connectivity index (χ1n) is 7.35. The van der Waals surface area contributed by atoms with Crippen LogP contribution < -0.4 is 5.32 Å². The third kappa shape index (κ3) is 2.70. The number of thiophene rings is 1. The predicted octanol–water partition coefficient (Wildman–Crippen LogP) is 2.73. The Labute approximate surface area is 119 Å². The normalized spacial score (nSPS) is 26.5. The van der Waals surface area contributed by atoms with Gasteiger partial charge in [-0.3, -0.25) is 4.79 Å². The summed E-state index contributed by atoms with van der Waals surface area (Å²) < 4.78 is 0. The molecule has 1 fully saturated rings. The van der Waals surface area contributed by atoms with Gasteiger partial charge in [-0.25, -0.2) is 0 Å². The Balaban J connectivity index is 1.58. The van der Waals surface area contributed by atoms with Crippen LogP contribution in [0.5, 0.6) is 0 Å². The lowest BCUT2D eigenvalue weighted by Crippen LogP contribution is -2.38. The number of amides is 1. The molecule has 1 aromatic rings. The van der Waals surface area contributed by atoms with Crippen molar-refractivity contribution in [2.24, 2.45) is 0 Å². The van der Waals surface area contributed by atoms with E-state index >= 15 is 0 Å². The van der Waals surface area contributed by atoms with E-state index in [1.165, 1.54) is 23.3 Å². The molecule has 0 spiro atoms. The van der Waals surface area contributed by atoms with E-state index in [0.717, 1.165) is 25.9 Å². The number of nitrogens with one attached hydrogen (secondary N) is 1. The number of fused-ring (bicyclic) bond motifs is 1. The summed E-state index contributed by atoms with van der Waals surface area (Å²) in [6, 6.07) is 3.02. The second kappa shape index (κ2) is 5.63. The molecular weight excluding hydrogens is 256 g/mol. The largest absolute Gasteiger partial charge is 0.336 e. The van der Waals surface area contributed by atoms with Crippen molar-refractivity contribution in [2.45, 2.75) is 51.1 Å². The van der Waals surface area contributed by atoms with Gasteiger partial charge < -0.3 is 10.2 Å². The van der Waals surface area contributed by atoms with Crippen molar-refractivity contribution in [2.75, 3.05) is 13.1 Å². The molecule has 2 atom stereocenters. The summed E-state index contributed by atoms with van der Waals surface area (Å²) in [5, 5.41) is 5.62. The molecule has 0 aromatic carbocycles. The Bertz CT molecular complexity index is 451. The van der Waals surface area contributed by atoms with Gasteiger partial charge >= 0.3 is 0 Å². The van der Waals surface area contributed by atoms with E-state index in [0.29, 0.717) is 18.4 Å². The van der Waals surface area contributed by atoms with E-state index in [4.69, 9.17) is 0 Å². The number of carbonyl (C=O) groups excluding carboxylic acids is 1. The molecule has 0 aliphatic carbocycles. The van der Waals surface area contributed by atoms with Crippen LogP contribution in [0.1, 0.15) is 49.1 Å². The summed E-state index contributed by atoms with van der Waals surface area (Å²) in [7, 11) is 0. The van der Waals surface area contributed by atoms with Gasteiger partial charge in [0.15, 0.2) is 0 Å². The van der Waals surface area contributed by atoms with Crippen LogP contribution in [0.15, 0.2) is 11.4 Å². The minimum Gasteiger partial charge on any atom is -0.336 e. The maximum Gasteiger partial charge on any atom is 0.223 e. The number of hydrogen-bond acceptors (Lipinski definition) is 3. The monoisotopic (exact) mass is 278 g/mol. The molecule has 2 unspecified atom stereocenters. The highest BCUT2D eigenvalue weighted by molar-refractivity contribution is 7.10. The Hall–Kier alpha value is -0.870. The van der Waals surface area contributed by atoms with Crippen molar-refractivity contribution >= 4 is 17.2 Å². The lowest BCUT2D eigenvalue weighted by Gasteiger charge is -2.34. The van der Waals surface area contributed by atoms with Crippen molar-refractivity contribution in [1.29, 1.82) is 0 Å². The lowest BCUT2D eigenvalue weighted by atomic mass is 10.0. The van der Waals surface area contributed by atoms with Crippen LogP contribution in [0, 0.1) is 0 Å². The van der Waals surface area contributed by atoms with E-state index in [2.05, 4.69) is 28.6 Å². The third-order valence-electron chi connectivity index (χ3n) is 4.47. The molecule has 19 heavy (non-hydrogen) atoms. The van der Waals surface area contributed by atoms with Crippen LogP contribution in [0.2, 0.25) is 0 Å². The molecule has 3 nitrogen and oxygen atoms in total. The van der Waals surface area contributed by atoms with Gasteiger partial charge in [0, 0.05) is 23.9 Å². The van der Waals surface area contributed by atoms with E-state index in [-0.39, 0.29) is 6.04 Å². The quantitative estimate of drug-likeness (QED) is 0.922. The fourth-order valence-electron chi connectivity index (χ4n) is 3.29. The van der Waals surface area contributed by atoms with E-state index in [1.54, 1.807) is 0 Å². The molecule has 3 rings (SSSR count). The SMILES string of the molecule is CC1c2ccsc2CCN1C(=O)CCC1CCCN1. The highest BCUT2D eigenvalue weighted by Gasteiger charge is 2.28. The van der Waals surface area contributed by atoms with Crippen LogP contribution in [-0.2, 0) is 11.2 Å². The molecule has 0 saturated carbocycles. The van der Waals surface area contributed by atoms with Crippen LogP contribution >= 0.6 is 11.3 Å². The zero-order valence-electron chi connectivity index (χ0n) is 11.5. The Morgan fingerprint density at radius 1 is 1.58 bits per heavy atom. The van der Waals surface area contributed by atoms with Crippen molar-refractivity contribution in [1.82, 2.24) is 10.2 Å². The van der Waals surface area contributed by atoms with E-state index in [9.17, 15) is 4.79 Å². The van der Waals surface area contributed by atoms with Crippen LogP contribution in [-0.4, -0.2) is 29.9 Å². The molecule has 0 bridgehead atoms. The summed E-state index contributed by atoms with van der Waals surface area (Å²) in [5.41, 5.74) is 1.36. The molecule has 1 saturated heterocycles. The summed E-state index contributed by atoms with van der Waals surface area (Å²) >= 11 is 1.83. The molecular formula is C15H22N2OS. The predicted molar refractivity (Wildman–Crippen MR) is 78.4 cm³/mol. The van der Waals surface area contributed by atoms with Crippen LogP contribution in [0.25, 0.3) is 0 Å². The first-order chi connectivity index (χ1) is 9.25. The standard InChI is InChI=1S/C15H22N2OS/c1-11-13-7-10-19-14(13)6-9-17(11)15(18)5-4-12-3-2-8-16-12/h7,10-12,16H,2-6,8-9H2,1H3. The minimum atomic E-state index is 0.263. The summed E-state index contributed by atoms with van der Waals surface area (Å²) in [6.45, 7) is 4.18. The maximum atomic E-state index is 12.4. The Kier molecular flexibility index (Phi) is 3.89. The van der Waals surface area contributed by atoms with Gasteiger partial charge in [0.2, 0.25) is 5.91 Å². The second-order valence-electron chi connectivity index (χ2n) is 5.64. The fourth-order valence-corrected chi connectivity index (χ4v) is 4.26. The van der Waals surface area contributed by atoms with Gasteiger partial charge in [-0.2, -0.15) is 0 Å². The van der Waals surface area contributed by atoms with Crippen LogP contribution in [0.4, 0.5) is 0 Å². The molecule has 1 N–H and O–H groups in total. The summed E-state index contributed by atoms with van der Waals surface area (Å²) in [5.74, 6) is 0.332. The summed E-state index contributed by atoms with van der Waals surface area (Å²) in [6.07, 6.45) is 5.22. The van der Waals surface area contributed by atoms with Gasteiger partial charge in [-0.1, -0.05) is 0 Å². The van der Waals surface area contributed by atoms with Gasteiger partial charge in [-0.05, 0) is 56.2 Å². The van der Waals surface area contributed by atoms with E-state index < -0.39 is 0 Å². The molecule has 104 valence electrons. The number of rotatable bonds is 3. The highest BCUT2D eigenvalue weighted by atomic mass is 32.1. The number of hydrogen-bond donors (Lipinski definition) is 1. The number of carbonyl (C=O) groups is 1. The zero-order chi connectivity index (χ0) is 13.2. The Morgan fingerprint density at radius 2 is 2.47 bits per heavy atom. The zero-order valence-corrected chi connectivity index (χ0v) is 12.3. The smallest absolute Gasteiger partial charge is 0.223 e. The topological polar surface area (TPSA) is 32.3 Å². The molecule has 3 heterocycles. The van der Waals surface area contributed by atoms with Crippen molar-refractivity contribution in [3.05, 3.63) is 21.9 Å². The van der Waals surface area contributed by atoms with Crippen molar-refractivity contribution in [3.63, 3.8) is 0 Å². The maximum absolute atomic E-state index is 12.4. The first kappa shape index (κ1) is 13.1. The average Bonchev–Trinajstić information content (AvgIpc) is 3.07. The average molecular weight is 278 g/mol. The molecule has 0 radical (unpaired) electrons. The lowest BCUT2D eigenvalue weighted by molar-refractivity contribution is -0.133. The van der Waals surface area contributed by atoms with Gasteiger partial charge in [0.1, 0.15) is 0 Å². The van der Waals surface area contributed by atoms with Crippen LogP contribution in [0.3, 0.4) is 0 Å². The fraction of sp³-hybridized carbons (Fsp3) is 0.667. The Morgan fingerprint density at radius 3 is 3.26 bits per heavy atom. The van der Waals surface area contributed by atoms with Gasteiger partial charge in [0.05, 0.1) is 6.04 Å².